The average molecular weight is 868 g/mol. The number of hydrogen-bond donors (Lipinski definition) is 9. The predicted molar refractivity (Wildman–Crippen MR) is 215 cm³/mol. The molecule has 4 aliphatic carbocycles. The summed E-state index contributed by atoms with van der Waals surface area (Å²) in [6.45, 7) is 11.4. The van der Waals surface area contributed by atoms with E-state index in [0.717, 1.165) is 36.6 Å². The van der Waals surface area contributed by atoms with E-state index in [4.69, 9.17) is 28.4 Å². The van der Waals surface area contributed by atoms with Crippen LogP contribution in [0.25, 0.3) is 0 Å². The number of fused-ring (bicyclic) bond motifs is 9. The fourth-order valence-electron chi connectivity index (χ4n) is 14.7. The summed E-state index contributed by atoms with van der Waals surface area (Å²) in [7, 11) is 0. The second kappa shape index (κ2) is 17.1. The van der Waals surface area contributed by atoms with E-state index in [2.05, 4.69) is 38.7 Å². The van der Waals surface area contributed by atoms with Gasteiger partial charge in [-0.2, -0.15) is 0 Å². The van der Waals surface area contributed by atoms with E-state index in [1.54, 1.807) is 0 Å². The molecule has 5 heterocycles. The smallest absolute Gasteiger partial charge is 0.187 e. The first-order valence-electron chi connectivity index (χ1n) is 23.4. The first-order valence-corrected chi connectivity index (χ1v) is 23.4. The molecule has 0 radical (unpaired) electrons. The third-order valence-electron chi connectivity index (χ3n) is 18.0. The molecule has 0 spiro atoms. The standard InChI is InChI=1S/C45H73NO15/c1-19-6-9-27-20(2)31-28(46(27)16-19)15-26-24-8-7-22-14-23(10-12-44(22,4)25(24)11-13-45(26,31)5)57-43-40(61-41-37(54)35(52)32(49)21(3)56-41)39(34(51)30(18-48)59-43)60-42-38(55)36(53)33(50)29(17-47)58-42/h7,19-21,23-43,47-55H,6,8-18H2,1-5H3/t19-,20+,21-,23-,24+,25-,26-,27+,28-,29+,30+,31-,32-,33+,34+,35+,36-,37+,38+,39-,40+,41-,42-,43+,44-,45-/m0/s1. The van der Waals surface area contributed by atoms with E-state index in [1.165, 1.54) is 51.1 Å². The Hall–Kier alpha value is -0.900. The van der Waals surface area contributed by atoms with Crippen molar-refractivity contribution in [2.45, 2.75) is 203 Å². The van der Waals surface area contributed by atoms with Gasteiger partial charge in [-0.25, -0.2) is 0 Å². The first-order chi connectivity index (χ1) is 29.0. The molecule has 0 bridgehead atoms. The number of allylic oxidation sites excluding steroid dienone is 1. The largest absolute Gasteiger partial charge is 0.394 e. The highest BCUT2D eigenvalue weighted by molar-refractivity contribution is 5.27. The monoisotopic (exact) mass is 867 g/mol. The topological polar surface area (TPSA) is 241 Å². The van der Waals surface area contributed by atoms with Crippen molar-refractivity contribution >= 4 is 0 Å². The Kier molecular flexibility index (Phi) is 12.7. The van der Waals surface area contributed by atoms with Gasteiger partial charge in [0.15, 0.2) is 18.9 Å². The molecule has 9 rings (SSSR count). The highest BCUT2D eigenvalue weighted by Gasteiger charge is 2.66. The molecule has 0 aromatic rings. The number of hydrogen-bond acceptors (Lipinski definition) is 16. The maximum Gasteiger partial charge on any atom is 0.187 e. The van der Waals surface area contributed by atoms with Gasteiger partial charge in [-0.3, -0.25) is 4.90 Å². The normalized spacial score (nSPS) is 57.3. The molecule has 26 atom stereocenters. The predicted octanol–water partition coefficient (Wildman–Crippen LogP) is 0.155. The maximum atomic E-state index is 11.6. The van der Waals surface area contributed by atoms with Gasteiger partial charge in [0.2, 0.25) is 0 Å². The molecule has 0 unspecified atom stereocenters. The second-order valence-electron chi connectivity index (χ2n) is 21.2. The minimum atomic E-state index is -1.83. The molecule has 16 heteroatoms. The molecule has 61 heavy (non-hydrogen) atoms. The molecule has 348 valence electrons. The van der Waals surface area contributed by atoms with E-state index in [9.17, 15) is 46.0 Å². The van der Waals surface area contributed by atoms with Crippen molar-refractivity contribution in [1.29, 1.82) is 0 Å². The Bertz CT molecular complexity index is 1590. The van der Waals surface area contributed by atoms with Crippen LogP contribution in [0.1, 0.15) is 92.4 Å². The van der Waals surface area contributed by atoms with Gasteiger partial charge in [0.05, 0.1) is 25.4 Å². The van der Waals surface area contributed by atoms with Crippen molar-refractivity contribution in [3.05, 3.63) is 11.6 Å². The van der Waals surface area contributed by atoms with Gasteiger partial charge >= 0.3 is 0 Å². The van der Waals surface area contributed by atoms with Crippen molar-refractivity contribution in [1.82, 2.24) is 4.90 Å². The van der Waals surface area contributed by atoms with Crippen LogP contribution in [-0.4, -0.2) is 181 Å². The van der Waals surface area contributed by atoms with Crippen LogP contribution in [0.2, 0.25) is 0 Å². The fraction of sp³-hybridized carbons (Fsp3) is 0.956. The first kappa shape index (κ1) is 45.3. The Morgan fingerprint density at radius 2 is 1.33 bits per heavy atom. The molecule has 8 fully saturated rings. The molecule has 3 saturated carbocycles. The molecule has 9 aliphatic rings. The molecular weight excluding hydrogens is 794 g/mol. The van der Waals surface area contributed by atoms with Crippen LogP contribution in [0.5, 0.6) is 0 Å². The zero-order valence-corrected chi connectivity index (χ0v) is 36.3. The van der Waals surface area contributed by atoms with E-state index in [-0.39, 0.29) is 11.5 Å². The summed E-state index contributed by atoms with van der Waals surface area (Å²) in [4.78, 5) is 2.94. The van der Waals surface area contributed by atoms with Crippen LogP contribution in [0.15, 0.2) is 11.6 Å². The van der Waals surface area contributed by atoms with Crippen LogP contribution in [0, 0.1) is 46.3 Å². The quantitative estimate of drug-likeness (QED) is 0.148. The van der Waals surface area contributed by atoms with Gasteiger partial charge in [-0.1, -0.05) is 39.3 Å². The van der Waals surface area contributed by atoms with Crippen molar-refractivity contribution in [3.63, 3.8) is 0 Å². The number of ether oxygens (including phenoxy) is 6. The van der Waals surface area contributed by atoms with Crippen LogP contribution in [-0.2, 0) is 28.4 Å². The van der Waals surface area contributed by atoms with Gasteiger partial charge < -0.3 is 74.4 Å². The van der Waals surface area contributed by atoms with Crippen molar-refractivity contribution in [2.24, 2.45) is 46.3 Å². The molecule has 9 N–H and O–H groups in total. The summed E-state index contributed by atoms with van der Waals surface area (Å²) in [6.07, 6.45) is -11.1. The van der Waals surface area contributed by atoms with E-state index >= 15 is 0 Å². The molecule has 0 aromatic carbocycles. The number of nitrogens with zero attached hydrogens (tertiary/aromatic N) is 1. The Labute approximate surface area is 359 Å². The summed E-state index contributed by atoms with van der Waals surface area (Å²) in [6, 6.07) is 1.43. The lowest BCUT2D eigenvalue weighted by atomic mass is 9.47. The lowest BCUT2D eigenvalue weighted by molar-refractivity contribution is -0.394. The number of aliphatic hydroxyl groups is 9. The zero-order valence-electron chi connectivity index (χ0n) is 36.3. The minimum Gasteiger partial charge on any atom is -0.394 e. The fourth-order valence-corrected chi connectivity index (χ4v) is 14.7. The van der Waals surface area contributed by atoms with Crippen molar-refractivity contribution in [3.8, 4) is 0 Å². The van der Waals surface area contributed by atoms with Crippen molar-refractivity contribution in [2.75, 3.05) is 19.8 Å². The van der Waals surface area contributed by atoms with Crippen LogP contribution in [0.4, 0.5) is 0 Å². The van der Waals surface area contributed by atoms with Gasteiger partial charge in [0, 0.05) is 18.6 Å². The Morgan fingerprint density at radius 3 is 2.05 bits per heavy atom. The van der Waals surface area contributed by atoms with Gasteiger partial charge in [0.1, 0.15) is 67.1 Å². The Morgan fingerprint density at radius 1 is 0.672 bits per heavy atom. The van der Waals surface area contributed by atoms with E-state index < -0.39 is 105 Å². The lowest BCUT2D eigenvalue weighted by Gasteiger charge is -2.58. The van der Waals surface area contributed by atoms with Gasteiger partial charge in [-0.15, -0.1) is 0 Å². The van der Waals surface area contributed by atoms with Gasteiger partial charge in [0.25, 0.3) is 0 Å². The van der Waals surface area contributed by atoms with Crippen molar-refractivity contribution < 1.29 is 74.4 Å². The zero-order chi connectivity index (χ0) is 43.4. The summed E-state index contributed by atoms with van der Waals surface area (Å²) in [5.74, 6) is 4.15. The molecule has 0 amide bonds. The summed E-state index contributed by atoms with van der Waals surface area (Å²) in [5, 5.41) is 95.8. The highest BCUT2D eigenvalue weighted by Crippen LogP contribution is 2.70. The maximum absolute atomic E-state index is 11.6. The van der Waals surface area contributed by atoms with Crippen LogP contribution < -0.4 is 0 Å². The molecule has 0 aromatic heterocycles. The summed E-state index contributed by atoms with van der Waals surface area (Å²) in [5.41, 5.74) is 1.72. The molecule has 5 saturated heterocycles. The van der Waals surface area contributed by atoms with E-state index in [1.807, 2.05) is 0 Å². The molecular formula is C45H73NO15. The summed E-state index contributed by atoms with van der Waals surface area (Å²) >= 11 is 0. The second-order valence-corrected chi connectivity index (χ2v) is 21.2. The SMILES string of the molecule is C[C@H]1CC[C@@H]2[C@@H](C)[C@H]3[C@H](C[C@H]4[C@@H]5CC=C6C[C@@H](O[C@@H]7O[C@H](CO)[C@@H](O)[C@H](O[C@@H]8O[C@H](CO)[C@@H](O)[C@H](O)[C@H]8O)[C@H]7O[C@@H]7O[C@@H](C)[C@H](O)[C@@H](O)[C@H]7O)CC[C@]6(C)[C@H]5CC[C@]34C)N2C1. The number of aliphatic hydroxyl groups excluding tert-OH is 9. The number of piperidine rings is 1. The highest BCUT2D eigenvalue weighted by atomic mass is 16.8. The Balaban J connectivity index is 0.952. The van der Waals surface area contributed by atoms with Gasteiger partial charge in [-0.05, 0) is 111 Å². The third kappa shape index (κ3) is 7.42. The minimum absolute atomic E-state index is 0.00462. The number of rotatable bonds is 8. The lowest BCUT2D eigenvalue weighted by Crippen LogP contribution is -2.67. The molecule has 16 nitrogen and oxygen atoms in total. The van der Waals surface area contributed by atoms with E-state index in [0.29, 0.717) is 42.1 Å². The third-order valence-corrected chi connectivity index (χ3v) is 18.0. The average Bonchev–Trinajstić information content (AvgIpc) is 3.71. The van der Waals surface area contributed by atoms with Crippen LogP contribution in [0.3, 0.4) is 0 Å². The van der Waals surface area contributed by atoms with Crippen LogP contribution >= 0.6 is 0 Å². The summed E-state index contributed by atoms with van der Waals surface area (Å²) < 4.78 is 36.8. The molecule has 5 aliphatic heterocycles.